The maximum Gasteiger partial charge on any atom is 0.203 e. The Hall–Kier alpha value is -3.11. The van der Waals surface area contributed by atoms with Crippen LogP contribution in [0.5, 0.6) is 0 Å². The number of rotatable bonds is 6. The molecular formula is C24H26N4. The molecule has 0 aliphatic rings. The molecule has 1 aromatic heterocycles. The van der Waals surface area contributed by atoms with Gasteiger partial charge in [0.15, 0.2) is 0 Å². The van der Waals surface area contributed by atoms with E-state index in [0.717, 1.165) is 24.1 Å². The van der Waals surface area contributed by atoms with Crippen LogP contribution in [0.3, 0.4) is 0 Å². The summed E-state index contributed by atoms with van der Waals surface area (Å²) in [6, 6.07) is 27.4. The first-order valence-electron chi connectivity index (χ1n) is 9.65. The van der Waals surface area contributed by atoms with Crippen molar-refractivity contribution in [1.82, 2.24) is 14.0 Å². The lowest BCUT2D eigenvalue weighted by atomic mass is 10.0. The molecular weight excluding hydrogens is 344 g/mol. The average molecular weight is 371 g/mol. The molecule has 0 spiro atoms. The Morgan fingerprint density at radius 2 is 1.29 bits per heavy atom. The van der Waals surface area contributed by atoms with Crippen LogP contribution in [0.2, 0.25) is 0 Å². The molecule has 0 unspecified atom stereocenters. The standard InChI is InChI=1S/C24H26N4/c1-26(2)16-17-27-22-10-6-7-11-23(22)28(24(27)25)18-19-12-14-21(15-13-19)20-8-4-3-5-9-20/h3-15,25H,16-18H2,1-2H3. The second-order valence-electron chi connectivity index (χ2n) is 7.42. The fraction of sp³-hybridized carbons (Fsp3) is 0.208. The lowest BCUT2D eigenvalue weighted by Crippen LogP contribution is -2.29. The minimum atomic E-state index is 0.551. The Kier molecular flexibility index (Phi) is 5.13. The van der Waals surface area contributed by atoms with Gasteiger partial charge in [0, 0.05) is 13.1 Å². The number of likely N-dealkylation sites (N-methyl/N-ethyl adjacent to an activating group) is 1. The summed E-state index contributed by atoms with van der Waals surface area (Å²) in [5.74, 6) is 0. The molecule has 0 saturated heterocycles. The highest BCUT2D eigenvalue weighted by Gasteiger charge is 2.11. The Balaban J connectivity index is 1.66. The zero-order chi connectivity index (χ0) is 19.5. The summed E-state index contributed by atoms with van der Waals surface area (Å²) in [7, 11) is 4.13. The van der Waals surface area contributed by atoms with E-state index >= 15 is 0 Å². The fourth-order valence-corrected chi connectivity index (χ4v) is 3.60. The van der Waals surface area contributed by atoms with Gasteiger partial charge < -0.3 is 14.0 Å². The SMILES string of the molecule is CN(C)CCn1c(=N)n(Cc2ccc(-c3ccccc3)cc2)c2ccccc21. The van der Waals surface area contributed by atoms with E-state index in [2.05, 4.69) is 88.8 Å². The van der Waals surface area contributed by atoms with Crippen LogP contribution in [-0.2, 0) is 13.1 Å². The van der Waals surface area contributed by atoms with Gasteiger partial charge in [0.1, 0.15) is 0 Å². The first kappa shape index (κ1) is 18.3. The molecule has 3 aromatic carbocycles. The summed E-state index contributed by atoms with van der Waals surface area (Å²) >= 11 is 0. The molecule has 0 radical (unpaired) electrons. The van der Waals surface area contributed by atoms with Crippen LogP contribution >= 0.6 is 0 Å². The highest BCUT2D eigenvalue weighted by atomic mass is 15.2. The van der Waals surface area contributed by atoms with Crippen molar-refractivity contribution in [3.8, 4) is 11.1 Å². The summed E-state index contributed by atoms with van der Waals surface area (Å²) in [5, 5.41) is 8.75. The molecule has 0 fully saturated rings. The number of hydrogen-bond donors (Lipinski definition) is 1. The second kappa shape index (κ2) is 7.87. The molecule has 28 heavy (non-hydrogen) atoms. The summed E-state index contributed by atoms with van der Waals surface area (Å²) in [5.41, 5.74) is 6.43. The van der Waals surface area contributed by atoms with Crippen LogP contribution in [-0.4, -0.2) is 34.7 Å². The maximum absolute atomic E-state index is 8.75. The zero-order valence-electron chi connectivity index (χ0n) is 16.5. The largest absolute Gasteiger partial charge is 0.309 e. The van der Waals surface area contributed by atoms with Crippen LogP contribution in [0.25, 0.3) is 22.2 Å². The minimum absolute atomic E-state index is 0.551. The molecule has 0 amide bonds. The van der Waals surface area contributed by atoms with Gasteiger partial charge in [-0.05, 0) is 42.9 Å². The number of benzene rings is 3. The van der Waals surface area contributed by atoms with Crippen LogP contribution in [0.15, 0.2) is 78.9 Å². The lowest BCUT2D eigenvalue weighted by molar-refractivity contribution is 0.380. The van der Waals surface area contributed by atoms with E-state index in [9.17, 15) is 0 Å². The van der Waals surface area contributed by atoms with E-state index in [1.807, 2.05) is 18.2 Å². The van der Waals surface area contributed by atoms with Gasteiger partial charge in [-0.15, -0.1) is 0 Å². The number of fused-ring (bicyclic) bond motifs is 1. The van der Waals surface area contributed by atoms with Gasteiger partial charge in [0.25, 0.3) is 0 Å². The molecule has 0 bridgehead atoms. The van der Waals surface area contributed by atoms with Crippen molar-refractivity contribution in [3.63, 3.8) is 0 Å². The summed E-state index contributed by atoms with van der Waals surface area (Å²) in [6.07, 6.45) is 0. The van der Waals surface area contributed by atoms with Gasteiger partial charge in [-0.1, -0.05) is 66.7 Å². The molecule has 1 N–H and O–H groups in total. The normalized spacial score (nSPS) is 11.4. The van der Waals surface area contributed by atoms with Crippen LogP contribution in [0, 0.1) is 5.41 Å². The topological polar surface area (TPSA) is 37.0 Å². The zero-order valence-corrected chi connectivity index (χ0v) is 16.5. The number of para-hydroxylation sites is 2. The van der Waals surface area contributed by atoms with Gasteiger partial charge in [-0.3, -0.25) is 5.41 Å². The molecule has 4 heteroatoms. The Morgan fingerprint density at radius 1 is 0.714 bits per heavy atom. The first-order chi connectivity index (χ1) is 13.6. The van der Waals surface area contributed by atoms with Gasteiger partial charge in [-0.2, -0.15) is 0 Å². The predicted molar refractivity (Wildman–Crippen MR) is 115 cm³/mol. The quantitative estimate of drug-likeness (QED) is 0.543. The minimum Gasteiger partial charge on any atom is -0.309 e. The number of nitrogens with one attached hydrogen (secondary N) is 1. The van der Waals surface area contributed by atoms with Crippen molar-refractivity contribution in [3.05, 3.63) is 90.0 Å². The van der Waals surface area contributed by atoms with Crippen LogP contribution in [0.1, 0.15) is 5.56 Å². The van der Waals surface area contributed by atoms with E-state index in [4.69, 9.17) is 5.41 Å². The highest BCUT2D eigenvalue weighted by Crippen LogP contribution is 2.20. The molecule has 4 aromatic rings. The van der Waals surface area contributed by atoms with E-state index in [1.165, 1.54) is 16.7 Å². The average Bonchev–Trinajstić information content (AvgIpc) is 2.99. The van der Waals surface area contributed by atoms with Crippen molar-refractivity contribution >= 4 is 11.0 Å². The molecule has 0 aliphatic carbocycles. The summed E-state index contributed by atoms with van der Waals surface area (Å²) in [6.45, 7) is 2.42. The third kappa shape index (κ3) is 3.64. The van der Waals surface area contributed by atoms with Crippen molar-refractivity contribution in [2.24, 2.45) is 0 Å². The fourth-order valence-electron chi connectivity index (χ4n) is 3.60. The van der Waals surface area contributed by atoms with E-state index in [-0.39, 0.29) is 0 Å². The number of hydrogen-bond acceptors (Lipinski definition) is 2. The number of aromatic nitrogens is 2. The molecule has 0 aliphatic heterocycles. The van der Waals surface area contributed by atoms with E-state index in [0.29, 0.717) is 12.2 Å². The summed E-state index contributed by atoms with van der Waals surface area (Å²) in [4.78, 5) is 2.15. The molecule has 4 rings (SSSR count). The van der Waals surface area contributed by atoms with Gasteiger partial charge >= 0.3 is 0 Å². The molecule has 142 valence electrons. The highest BCUT2D eigenvalue weighted by molar-refractivity contribution is 5.76. The number of imidazole rings is 1. The Labute approximate surface area is 165 Å². The smallest absolute Gasteiger partial charge is 0.203 e. The van der Waals surface area contributed by atoms with Gasteiger partial charge in [0.05, 0.1) is 17.6 Å². The second-order valence-corrected chi connectivity index (χ2v) is 7.42. The van der Waals surface area contributed by atoms with Crippen molar-refractivity contribution in [1.29, 1.82) is 5.41 Å². The van der Waals surface area contributed by atoms with Gasteiger partial charge in [0.2, 0.25) is 5.62 Å². The lowest BCUT2D eigenvalue weighted by Gasteiger charge is -2.10. The van der Waals surface area contributed by atoms with Crippen LogP contribution in [0.4, 0.5) is 0 Å². The van der Waals surface area contributed by atoms with Crippen molar-refractivity contribution < 1.29 is 0 Å². The Morgan fingerprint density at radius 3 is 1.93 bits per heavy atom. The summed E-state index contributed by atoms with van der Waals surface area (Å²) < 4.78 is 4.20. The molecule has 0 saturated carbocycles. The van der Waals surface area contributed by atoms with E-state index in [1.54, 1.807) is 0 Å². The molecule has 4 nitrogen and oxygen atoms in total. The van der Waals surface area contributed by atoms with Crippen molar-refractivity contribution in [2.45, 2.75) is 13.1 Å². The van der Waals surface area contributed by atoms with E-state index < -0.39 is 0 Å². The third-order valence-electron chi connectivity index (χ3n) is 5.15. The Bertz CT molecular complexity index is 1120. The van der Waals surface area contributed by atoms with Gasteiger partial charge in [-0.25, -0.2) is 0 Å². The maximum atomic E-state index is 8.75. The van der Waals surface area contributed by atoms with Crippen LogP contribution < -0.4 is 5.62 Å². The van der Waals surface area contributed by atoms with Crippen molar-refractivity contribution in [2.75, 3.05) is 20.6 Å². The molecule has 1 heterocycles. The predicted octanol–water partition coefficient (Wildman–Crippen LogP) is 4.20. The first-order valence-corrected chi connectivity index (χ1v) is 9.65. The monoisotopic (exact) mass is 370 g/mol. The molecule has 0 atom stereocenters. The third-order valence-corrected chi connectivity index (χ3v) is 5.15. The number of nitrogens with zero attached hydrogens (tertiary/aromatic N) is 3.